The normalized spacial score (nSPS) is 19.9. The molecule has 0 aliphatic carbocycles. The molecule has 0 saturated carbocycles. The van der Waals surface area contributed by atoms with Gasteiger partial charge in [-0.15, -0.1) is 0 Å². The van der Waals surface area contributed by atoms with Crippen molar-refractivity contribution < 1.29 is 4.74 Å². The lowest BCUT2D eigenvalue weighted by molar-refractivity contribution is -0.00534. The third-order valence-electron chi connectivity index (χ3n) is 8.31. The van der Waals surface area contributed by atoms with Crippen LogP contribution in [0.15, 0.2) is 36.4 Å². The summed E-state index contributed by atoms with van der Waals surface area (Å²) in [6.07, 6.45) is 10.0. The summed E-state index contributed by atoms with van der Waals surface area (Å²) < 4.78 is 6.45. The molecular weight excluding hydrogens is 499 g/mol. The fraction of sp³-hybridized carbons (Fsp3) is 0.625. The Labute approximate surface area is 235 Å². The number of ether oxygens (including phenoxy) is 1. The van der Waals surface area contributed by atoms with Gasteiger partial charge in [0.2, 0.25) is 0 Å². The zero-order valence-corrected chi connectivity index (χ0v) is 24.8. The molecule has 2 heterocycles. The number of piperidine rings is 2. The van der Waals surface area contributed by atoms with E-state index in [2.05, 4.69) is 73.9 Å². The lowest BCUT2D eigenvalue weighted by Gasteiger charge is -2.30. The average Bonchev–Trinajstić information content (AvgIpc) is 2.89. The molecule has 5 heteroatoms. The van der Waals surface area contributed by atoms with Gasteiger partial charge in [-0.2, -0.15) is 0 Å². The first-order valence-electron chi connectivity index (χ1n) is 14.6. The maximum absolute atomic E-state index is 6.72. The van der Waals surface area contributed by atoms with E-state index in [1.165, 1.54) is 61.0 Å². The molecule has 0 aromatic heterocycles. The summed E-state index contributed by atoms with van der Waals surface area (Å²) in [5.41, 5.74) is 4.97. The molecule has 4 atom stereocenters. The van der Waals surface area contributed by atoms with Crippen LogP contribution in [0.3, 0.4) is 0 Å². The number of anilines is 2. The minimum atomic E-state index is 0.183. The van der Waals surface area contributed by atoms with Crippen LogP contribution in [0.2, 0.25) is 10.0 Å². The van der Waals surface area contributed by atoms with Gasteiger partial charge in [0.25, 0.3) is 0 Å². The van der Waals surface area contributed by atoms with Gasteiger partial charge >= 0.3 is 0 Å². The minimum Gasteiger partial charge on any atom is -0.376 e. The van der Waals surface area contributed by atoms with E-state index in [-0.39, 0.29) is 12.2 Å². The van der Waals surface area contributed by atoms with Crippen LogP contribution in [0.4, 0.5) is 11.4 Å². The van der Waals surface area contributed by atoms with E-state index in [4.69, 9.17) is 27.9 Å². The molecule has 3 nitrogen and oxygen atoms in total. The Balaban J connectivity index is 1.27. The zero-order chi connectivity index (χ0) is 26.4. The van der Waals surface area contributed by atoms with Crippen LogP contribution in [0.5, 0.6) is 0 Å². The summed E-state index contributed by atoms with van der Waals surface area (Å²) in [6, 6.07) is 13.3. The van der Waals surface area contributed by atoms with Gasteiger partial charge in [0, 0.05) is 26.2 Å². The van der Waals surface area contributed by atoms with Crippen molar-refractivity contribution in [1.82, 2.24) is 0 Å². The number of halogens is 2. The Bertz CT molecular complexity index is 921. The Morgan fingerprint density at radius 1 is 0.622 bits per heavy atom. The van der Waals surface area contributed by atoms with E-state index in [0.717, 1.165) is 49.1 Å². The van der Waals surface area contributed by atoms with E-state index < -0.39 is 0 Å². The molecular formula is C32H46Cl2N2O. The molecule has 0 radical (unpaired) electrons. The summed E-state index contributed by atoms with van der Waals surface area (Å²) in [4.78, 5) is 4.87. The van der Waals surface area contributed by atoms with Crippen LogP contribution in [0.1, 0.15) is 102 Å². The van der Waals surface area contributed by atoms with E-state index in [1.54, 1.807) is 0 Å². The molecule has 37 heavy (non-hydrogen) atoms. The third-order valence-corrected chi connectivity index (χ3v) is 8.92. The molecule has 0 amide bonds. The highest BCUT2D eigenvalue weighted by molar-refractivity contribution is 6.33. The van der Waals surface area contributed by atoms with Crippen LogP contribution in [0.25, 0.3) is 0 Å². The van der Waals surface area contributed by atoms with Crippen LogP contribution >= 0.6 is 23.2 Å². The number of nitrogens with zero attached hydrogens (tertiary/aromatic N) is 2. The molecule has 2 aliphatic rings. The standard InChI is InChI=1S/C32H46Cl2N2O/c1-23(27-11-13-31(29(33)21-27)35-15-7-5-8-16-35)19-25(3)37-26(4)20-24(2)28-12-14-32(30(34)22-28)36-17-9-6-10-18-36/h11-14,21-26H,5-10,15-20H2,1-4H3. The van der Waals surface area contributed by atoms with Gasteiger partial charge in [0.15, 0.2) is 0 Å². The smallest absolute Gasteiger partial charge is 0.0642 e. The van der Waals surface area contributed by atoms with Crippen LogP contribution in [-0.4, -0.2) is 38.4 Å². The number of benzene rings is 2. The van der Waals surface area contributed by atoms with Crippen LogP contribution < -0.4 is 9.80 Å². The lowest BCUT2D eigenvalue weighted by Crippen LogP contribution is -2.29. The van der Waals surface area contributed by atoms with Crippen molar-refractivity contribution in [1.29, 1.82) is 0 Å². The highest BCUT2D eigenvalue weighted by atomic mass is 35.5. The molecule has 0 spiro atoms. The Morgan fingerprint density at radius 3 is 1.35 bits per heavy atom. The number of rotatable bonds is 10. The third kappa shape index (κ3) is 7.80. The lowest BCUT2D eigenvalue weighted by atomic mass is 9.93. The maximum Gasteiger partial charge on any atom is 0.0642 e. The van der Waals surface area contributed by atoms with Gasteiger partial charge in [-0.3, -0.25) is 0 Å². The fourth-order valence-corrected chi connectivity index (χ4v) is 6.83. The van der Waals surface area contributed by atoms with Crippen molar-refractivity contribution in [3.8, 4) is 0 Å². The fourth-order valence-electron chi connectivity index (χ4n) is 6.22. The molecule has 2 aromatic rings. The monoisotopic (exact) mass is 544 g/mol. The second-order valence-electron chi connectivity index (χ2n) is 11.5. The van der Waals surface area contributed by atoms with Gasteiger partial charge in [-0.1, -0.05) is 49.2 Å². The first-order valence-corrected chi connectivity index (χ1v) is 15.3. The Morgan fingerprint density at radius 2 is 1.00 bits per heavy atom. The van der Waals surface area contributed by atoms with Crippen molar-refractivity contribution in [3.05, 3.63) is 57.6 Å². The van der Waals surface area contributed by atoms with Gasteiger partial charge in [-0.25, -0.2) is 0 Å². The van der Waals surface area contributed by atoms with Gasteiger partial charge in [0.05, 0.1) is 33.6 Å². The number of hydrogen-bond donors (Lipinski definition) is 0. The van der Waals surface area contributed by atoms with Gasteiger partial charge < -0.3 is 14.5 Å². The second-order valence-corrected chi connectivity index (χ2v) is 12.4. The topological polar surface area (TPSA) is 15.7 Å². The van der Waals surface area contributed by atoms with Crippen molar-refractivity contribution >= 4 is 34.6 Å². The molecule has 4 rings (SSSR count). The molecule has 4 unspecified atom stereocenters. The molecule has 0 bridgehead atoms. The molecule has 2 fully saturated rings. The van der Waals surface area contributed by atoms with E-state index in [0.29, 0.717) is 11.8 Å². The van der Waals surface area contributed by atoms with Crippen LogP contribution in [-0.2, 0) is 4.74 Å². The minimum absolute atomic E-state index is 0.183. The molecule has 2 saturated heterocycles. The summed E-state index contributed by atoms with van der Waals surface area (Å²) in [7, 11) is 0. The summed E-state index contributed by atoms with van der Waals surface area (Å²) >= 11 is 13.4. The molecule has 204 valence electrons. The summed E-state index contributed by atoms with van der Waals surface area (Å²) in [5.74, 6) is 0.794. The van der Waals surface area contributed by atoms with Crippen molar-refractivity contribution in [2.24, 2.45) is 0 Å². The maximum atomic E-state index is 6.72. The Hall–Kier alpha value is -1.42. The first kappa shape index (κ1) is 28.6. The number of hydrogen-bond acceptors (Lipinski definition) is 3. The molecule has 0 N–H and O–H groups in total. The summed E-state index contributed by atoms with van der Waals surface area (Å²) in [5, 5.41) is 1.76. The highest BCUT2D eigenvalue weighted by Crippen LogP contribution is 2.35. The molecule has 2 aliphatic heterocycles. The van der Waals surface area contributed by atoms with E-state index in [9.17, 15) is 0 Å². The largest absolute Gasteiger partial charge is 0.376 e. The van der Waals surface area contributed by atoms with Gasteiger partial charge in [-0.05, 0) is 112 Å². The predicted molar refractivity (Wildman–Crippen MR) is 161 cm³/mol. The van der Waals surface area contributed by atoms with Gasteiger partial charge in [0.1, 0.15) is 0 Å². The first-order chi connectivity index (χ1) is 17.8. The zero-order valence-electron chi connectivity index (χ0n) is 23.3. The van der Waals surface area contributed by atoms with E-state index in [1.807, 2.05) is 0 Å². The predicted octanol–water partition coefficient (Wildman–Crippen LogP) is 9.46. The SMILES string of the molecule is CC(CC(C)c1ccc(N2CCCCC2)c(Cl)c1)OC(C)CC(C)c1ccc(N2CCCCC2)c(Cl)c1. The van der Waals surface area contributed by atoms with Crippen LogP contribution in [0, 0.1) is 0 Å². The molecule has 2 aromatic carbocycles. The second kappa shape index (κ2) is 13.6. The highest BCUT2D eigenvalue weighted by Gasteiger charge is 2.20. The average molecular weight is 546 g/mol. The van der Waals surface area contributed by atoms with Crippen molar-refractivity contribution in [3.63, 3.8) is 0 Å². The Kier molecular flexibility index (Phi) is 10.5. The van der Waals surface area contributed by atoms with Crippen molar-refractivity contribution in [2.75, 3.05) is 36.0 Å². The summed E-state index contributed by atoms with van der Waals surface area (Å²) in [6.45, 7) is 13.4. The quantitative estimate of drug-likeness (QED) is 0.296. The van der Waals surface area contributed by atoms with E-state index >= 15 is 0 Å². The van der Waals surface area contributed by atoms with Crippen molar-refractivity contribution in [2.45, 2.75) is 103 Å².